The van der Waals surface area contributed by atoms with Crippen LogP contribution in [-0.4, -0.2) is 38.9 Å². The molecule has 1 aliphatic heterocycles. The first-order valence-electron chi connectivity index (χ1n) is 9.72. The summed E-state index contributed by atoms with van der Waals surface area (Å²) >= 11 is 0. The molecule has 0 radical (unpaired) electrons. The van der Waals surface area contributed by atoms with E-state index >= 15 is 0 Å². The van der Waals surface area contributed by atoms with E-state index in [4.69, 9.17) is 14.2 Å². The molecule has 0 aromatic rings. The van der Waals surface area contributed by atoms with E-state index in [1.54, 1.807) is 0 Å². The Balaban J connectivity index is 1.77. The smallest absolute Gasteiger partial charge is 0.325 e. The SMILES string of the molecule is COC(=O)C1(C(=O)OC)C[C@@H](C)CO[C@H]1C12CC3CC(CC(C3)C1)C2. The summed E-state index contributed by atoms with van der Waals surface area (Å²) in [6.07, 6.45) is 7.21. The minimum atomic E-state index is -1.31. The molecule has 0 N–H and O–H groups in total. The lowest BCUT2D eigenvalue weighted by Gasteiger charge is -2.62. The molecule has 0 unspecified atom stereocenters. The van der Waals surface area contributed by atoms with Gasteiger partial charge in [-0.15, -0.1) is 0 Å². The predicted octanol–water partition coefficient (Wildman–Crippen LogP) is 2.96. The zero-order valence-electron chi connectivity index (χ0n) is 15.6. The van der Waals surface area contributed by atoms with Crippen LogP contribution in [0.3, 0.4) is 0 Å². The molecule has 1 saturated heterocycles. The summed E-state index contributed by atoms with van der Waals surface area (Å²) in [4.78, 5) is 25.9. The summed E-state index contributed by atoms with van der Waals surface area (Å²) in [5, 5.41) is 0. The van der Waals surface area contributed by atoms with Crippen molar-refractivity contribution >= 4 is 11.9 Å². The lowest BCUT2D eigenvalue weighted by atomic mass is 9.45. The first-order valence-corrected chi connectivity index (χ1v) is 9.72. The van der Waals surface area contributed by atoms with E-state index in [0.717, 1.165) is 37.0 Å². The van der Waals surface area contributed by atoms with Crippen LogP contribution >= 0.6 is 0 Å². The summed E-state index contributed by atoms with van der Waals surface area (Å²) in [5.74, 6) is 1.34. The Morgan fingerprint density at radius 2 is 1.36 bits per heavy atom. The zero-order valence-corrected chi connectivity index (χ0v) is 15.6. The van der Waals surface area contributed by atoms with Gasteiger partial charge in [-0.25, -0.2) is 0 Å². The van der Waals surface area contributed by atoms with Crippen LogP contribution in [0.1, 0.15) is 51.9 Å². The fraction of sp³-hybridized carbons (Fsp3) is 0.900. The van der Waals surface area contributed by atoms with Crippen LogP contribution in [-0.2, 0) is 23.8 Å². The van der Waals surface area contributed by atoms with Gasteiger partial charge in [0.05, 0.1) is 20.3 Å². The molecule has 4 aliphatic carbocycles. The van der Waals surface area contributed by atoms with E-state index in [1.807, 2.05) is 6.92 Å². The fourth-order valence-electron chi connectivity index (χ4n) is 7.14. The maximum Gasteiger partial charge on any atom is 0.325 e. The van der Waals surface area contributed by atoms with Crippen molar-refractivity contribution in [3.8, 4) is 0 Å². The monoisotopic (exact) mass is 350 g/mol. The summed E-state index contributed by atoms with van der Waals surface area (Å²) in [7, 11) is 2.73. The Morgan fingerprint density at radius 1 is 0.880 bits per heavy atom. The van der Waals surface area contributed by atoms with Crippen molar-refractivity contribution in [2.75, 3.05) is 20.8 Å². The Kier molecular flexibility index (Phi) is 4.13. The Labute approximate surface area is 149 Å². The van der Waals surface area contributed by atoms with E-state index in [9.17, 15) is 9.59 Å². The van der Waals surface area contributed by atoms with E-state index in [0.29, 0.717) is 13.0 Å². The van der Waals surface area contributed by atoms with Gasteiger partial charge in [-0.1, -0.05) is 6.92 Å². The molecule has 5 aliphatic rings. The summed E-state index contributed by atoms with van der Waals surface area (Å²) in [5.41, 5.74) is -1.38. The summed E-state index contributed by atoms with van der Waals surface area (Å²) < 4.78 is 16.6. The Bertz CT molecular complexity index is 517. The number of hydrogen-bond acceptors (Lipinski definition) is 5. The second-order valence-electron chi connectivity index (χ2n) is 9.26. The zero-order chi connectivity index (χ0) is 17.8. The first kappa shape index (κ1) is 17.3. The average Bonchev–Trinajstić information content (AvgIpc) is 2.58. The minimum Gasteiger partial charge on any atom is -0.468 e. The summed E-state index contributed by atoms with van der Waals surface area (Å²) in [6, 6.07) is 0. The number of methoxy groups -OCH3 is 2. The molecule has 140 valence electrons. The molecule has 5 fully saturated rings. The van der Waals surface area contributed by atoms with Crippen molar-refractivity contribution in [2.45, 2.75) is 58.0 Å². The van der Waals surface area contributed by atoms with Crippen LogP contribution in [0.2, 0.25) is 0 Å². The lowest BCUT2D eigenvalue weighted by Crippen LogP contribution is -2.65. The number of hydrogen-bond donors (Lipinski definition) is 0. The van der Waals surface area contributed by atoms with Crippen LogP contribution in [0.4, 0.5) is 0 Å². The van der Waals surface area contributed by atoms with Crippen LogP contribution < -0.4 is 0 Å². The molecule has 0 amide bonds. The Hall–Kier alpha value is -1.10. The molecule has 5 rings (SSSR count). The highest BCUT2D eigenvalue weighted by atomic mass is 16.6. The number of carbonyl (C=O) groups excluding carboxylic acids is 2. The van der Waals surface area contributed by atoms with E-state index in [1.165, 1.54) is 33.5 Å². The quantitative estimate of drug-likeness (QED) is 0.578. The third-order valence-corrected chi connectivity index (χ3v) is 7.41. The van der Waals surface area contributed by atoms with E-state index in [-0.39, 0.29) is 11.3 Å². The van der Waals surface area contributed by atoms with Gasteiger partial charge in [0, 0.05) is 6.61 Å². The van der Waals surface area contributed by atoms with Crippen molar-refractivity contribution < 1.29 is 23.8 Å². The molecule has 1 heterocycles. The highest BCUT2D eigenvalue weighted by molar-refractivity contribution is 6.01. The van der Waals surface area contributed by atoms with E-state index in [2.05, 4.69) is 0 Å². The van der Waals surface area contributed by atoms with Gasteiger partial charge in [-0.05, 0) is 74.0 Å². The van der Waals surface area contributed by atoms with Gasteiger partial charge in [0.15, 0.2) is 5.41 Å². The molecule has 25 heavy (non-hydrogen) atoms. The third-order valence-electron chi connectivity index (χ3n) is 7.41. The molecule has 2 atom stereocenters. The van der Waals surface area contributed by atoms with Crippen molar-refractivity contribution in [1.29, 1.82) is 0 Å². The van der Waals surface area contributed by atoms with Gasteiger partial charge in [0.1, 0.15) is 0 Å². The van der Waals surface area contributed by atoms with Crippen LogP contribution in [0, 0.1) is 34.5 Å². The van der Waals surface area contributed by atoms with Gasteiger partial charge in [-0.2, -0.15) is 0 Å². The number of ether oxygens (including phenoxy) is 3. The normalized spacial score (nSPS) is 44.4. The van der Waals surface area contributed by atoms with Crippen LogP contribution in [0.15, 0.2) is 0 Å². The van der Waals surface area contributed by atoms with Crippen molar-refractivity contribution in [3.05, 3.63) is 0 Å². The highest BCUT2D eigenvalue weighted by Gasteiger charge is 2.67. The lowest BCUT2D eigenvalue weighted by molar-refractivity contribution is -0.230. The van der Waals surface area contributed by atoms with E-state index < -0.39 is 23.5 Å². The van der Waals surface area contributed by atoms with Crippen molar-refractivity contribution in [2.24, 2.45) is 34.5 Å². The molecule has 5 nitrogen and oxygen atoms in total. The maximum atomic E-state index is 12.9. The Morgan fingerprint density at radius 3 is 1.80 bits per heavy atom. The second kappa shape index (κ2) is 5.97. The second-order valence-corrected chi connectivity index (χ2v) is 9.26. The van der Waals surface area contributed by atoms with Gasteiger partial charge in [0.25, 0.3) is 0 Å². The van der Waals surface area contributed by atoms with Gasteiger partial charge in [-0.3, -0.25) is 9.59 Å². The van der Waals surface area contributed by atoms with Crippen molar-refractivity contribution in [1.82, 2.24) is 0 Å². The minimum absolute atomic E-state index is 0.0722. The molecule has 4 saturated carbocycles. The first-order chi connectivity index (χ1) is 11.9. The number of carbonyl (C=O) groups is 2. The summed E-state index contributed by atoms with van der Waals surface area (Å²) in [6.45, 7) is 2.62. The van der Waals surface area contributed by atoms with Crippen molar-refractivity contribution in [3.63, 3.8) is 0 Å². The van der Waals surface area contributed by atoms with Gasteiger partial charge in [0.2, 0.25) is 0 Å². The van der Waals surface area contributed by atoms with Crippen LogP contribution in [0.25, 0.3) is 0 Å². The molecule has 0 aromatic carbocycles. The van der Waals surface area contributed by atoms with Gasteiger partial charge < -0.3 is 14.2 Å². The third kappa shape index (κ3) is 2.45. The van der Waals surface area contributed by atoms with Crippen LogP contribution in [0.5, 0.6) is 0 Å². The predicted molar refractivity (Wildman–Crippen MR) is 90.6 cm³/mol. The highest BCUT2D eigenvalue weighted by Crippen LogP contribution is 2.65. The molecule has 0 aromatic heterocycles. The molecule has 0 spiro atoms. The maximum absolute atomic E-state index is 12.9. The fourth-order valence-corrected chi connectivity index (χ4v) is 7.14. The average molecular weight is 350 g/mol. The molecular formula is C20H30O5. The standard InChI is InChI=1S/C20H30O5/c1-12-7-20(17(21)23-2,18(22)24-3)16(25-11-12)19-8-13-4-14(9-19)6-15(5-13)10-19/h12-16H,4-11H2,1-3H3/t12-,13?,14?,15?,16+,19?/m1/s1. The number of rotatable bonds is 3. The topological polar surface area (TPSA) is 61.8 Å². The molecular weight excluding hydrogens is 320 g/mol. The molecule has 4 bridgehead atoms. The number of esters is 2. The van der Waals surface area contributed by atoms with Gasteiger partial charge >= 0.3 is 11.9 Å². The largest absolute Gasteiger partial charge is 0.468 e. The molecule has 5 heteroatoms.